The van der Waals surface area contributed by atoms with Crippen LogP contribution in [0.2, 0.25) is 118 Å². The summed E-state index contributed by atoms with van der Waals surface area (Å²) in [6, 6.07) is 31.7. The first kappa shape index (κ1) is 50.8. The summed E-state index contributed by atoms with van der Waals surface area (Å²) in [4.78, 5) is 0. The van der Waals surface area contributed by atoms with Crippen molar-refractivity contribution in [2.75, 3.05) is 0 Å². The quantitative estimate of drug-likeness (QED) is 0.107. The molecule has 0 nitrogen and oxygen atoms in total. The monoisotopic (exact) mass is 1020 g/mol. The third kappa shape index (κ3) is 11.5. The van der Waals surface area contributed by atoms with Crippen LogP contribution in [0.3, 0.4) is 0 Å². The van der Waals surface area contributed by atoms with Gasteiger partial charge in [0, 0.05) is 0 Å². The van der Waals surface area contributed by atoms with E-state index in [0.29, 0.717) is 27.3 Å². The van der Waals surface area contributed by atoms with Crippen molar-refractivity contribution < 1.29 is 0 Å². The molecule has 0 aromatic heterocycles. The van der Waals surface area contributed by atoms with Crippen LogP contribution >= 0.6 is 9.29 Å². The first-order valence-electron chi connectivity index (χ1n) is 22.7. The van der Waals surface area contributed by atoms with E-state index in [1.165, 1.54) is 33.4 Å². The first-order valence-corrected chi connectivity index (χ1v) is 51.0. The SMILES string of the molecule is CC(C)c1ccccc1-c1cccc(-c2ccccc2C(C)C)[c]1[Sn](=[S])[c]1c(C([Si](C)(C)C)[Si](C)(C)C)cc(C([Si](C)(C)C)[Si](C)(C)C)cc1C([Si](C)(C)C)[Si](C)(C)C. The van der Waals surface area contributed by atoms with Crippen molar-refractivity contribution in [3.8, 4) is 22.3 Å². The minimum atomic E-state index is -3.26. The van der Waals surface area contributed by atoms with Crippen molar-refractivity contribution in [2.45, 2.75) is 173 Å². The third-order valence-corrected chi connectivity index (χ3v) is 49.0. The average molecular weight is 1020 g/mol. The van der Waals surface area contributed by atoms with E-state index >= 15 is 0 Å². The molecule has 0 unspecified atom stereocenters. The molecule has 0 aliphatic rings. The topological polar surface area (TPSA) is 0 Å². The fourth-order valence-corrected chi connectivity index (χ4v) is 61.2. The van der Waals surface area contributed by atoms with Crippen LogP contribution in [-0.2, 0) is 0 Å². The molecule has 0 fully saturated rings. The summed E-state index contributed by atoms with van der Waals surface area (Å²) in [7, 11) is -2.53. The van der Waals surface area contributed by atoms with E-state index in [9.17, 15) is 0 Å². The number of benzene rings is 4. The Morgan fingerprint density at radius 3 is 0.932 bits per heavy atom. The predicted octanol–water partition coefficient (Wildman–Crippen LogP) is 16.1. The van der Waals surface area contributed by atoms with Crippen LogP contribution in [0.4, 0.5) is 0 Å². The van der Waals surface area contributed by atoms with Gasteiger partial charge in [0.1, 0.15) is 0 Å². The van der Waals surface area contributed by atoms with Gasteiger partial charge in [-0.05, 0) is 0 Å². The standard InChI is InChI=1S/C27H59Si6.C24H25.S.Sn/c1-28(2,3)25(29(4,5)6)22-19-23(26(30(7,8)9)31(10,11)12)21-24(20-22)27(32(13,14)15)33(16,17)18;1-17(2)21-12-5-7-14-23(21)19-10-9-11-20(16-19)24-15-8-6-13-22(24)18(3)4;;/h19-20,25-27H,1-18H3;5-15,17-18H,1-4H3;;. The molecular weight excluding hydrogens is 932 g/mol. The fourth-order valence-electron chi connectivity index (χ4n) is 12.2. The van der Waals surface area contributed by atoms with E-state index in [1.54, 1.807) is 23.8 Å². The molecule has 59 heavy (non-hydrogen) atoms. The van der Waals surface area contributed by atoms with Crippen molar-refractivity contribution in [1.82, 2.24) is 0 Å². The zero-order valence-corrected chi connectivity index (χ0v) is 51.5. The molecule has 0 aliphatic heterocycles. The van der Waals surface area contributed by atoms with Crippen molar-refractivity contribution in [3.05, 3.63) is 107 Å². The second-order valence-electron chi connectivity index (χ2n) is 25.1. The van der Waals surface area contributed by atoms with Crippen LogP contribution in [0.5, 0.6) is 0 Å². The fraction of sp³-hybridized carbons (Fsp3) is 0.529. The molecule has 8 heteroatoms. The molecule has 0 radical (unpaired) electrons. The van der Waals surface area contributed by atoms with Crippen LogP contribution in [-0.4, -0.2) is 66.3 Å². The molecule has 0 atom stereocenters. The summed E-state index contributed by atoms with van der Waals surface area (Å²) in [5.41, 5.74) is 13.7. The van der Waals surface area contributed by atoms with E-state index in [4.69, 9.17) is 9.29 Å². The Bertz CT molecular complexity index is 1960. The van der Waals surface area contributed by atoms with E-state index in [0.717, 1.165) is 0 Å². The van der Waals surface area contributed by atoms with E-state index < -0.39 is 66.3 Å². The van der Waals surface area contributed by atoms with Gasteiger partial charge in [-0.1, -0.05) is 0 Å². The van der Waals surface area contributed by atoms with Crippen molar-refractivity contribution >= 4 is 82.7 Å². The van der Waals surface area contributed by atoms with Gasteiger partial charge in [-0.15, -0.1) is 0 Å². The van der Waals surface area contributed by atoms with Crippen LogP contribution in [0.1, 0.15) is 82.8 Å². The van der Waals surface area contributed by atoms with Gasteiger partial charge in [0.15, 0.2) is 0 Å². The Morgan fingerprint density at radius 1 is 0.356 bits per heavy atom. The summed E-state index contributed by atoms with van der Waals surface area (Å²) in [6.07, 6.45) is 0. The number of rotatable bonds is 15. The Hall–Kier alpha value is -0.800. The minimum absolute atomic E-state index is 0.416. The number of hydrogen-bond donors (Lipinski definition) is 0. The van der Waals surface area contributed by atoms with Gasteiger partial charge >= 0.3 is 385 Å². The number of hydrogen-bond acceptors (Lipinski definition) is 1. The predicted molar refractivity (Wildman–Crippen MR) is 293 cm³/mol. The summed E-state index contributed by atoms with van der Waals surface area (Å²) >= 11 is -3.26. The van der Waals surface area contributed by atoms with Crippen LogP contribution < -0.4 is 7.16 Å². The third-order valence-electron chi connectivity index (χ3n) is 12.6. The Labute approximate surface area is 381 Å². The summed E-state index contributed by atoms with van der Waals surface area (Å²) in [5, 5.41) is 1.93. The summed E-state index contributed by atoms with van der Waals surface area (Å²) in [6.45, 7) is 57.8. The van der Waals surface area contributed by atoms with Gasteiger partial charge in [-0.2, -0.15) is 0 Å². The van der Waals surface area contributed by atoms with Gasteiger partial charge < -0.3 is 0 Å². The van der Waals surface area contributed by atoms with Crippen LogP contribution in [0, 0.1) is 0 Å². The zero-order chi connectivity index (χ0) is 45.0. The zero-order valence-electron chi connectivity index (χ0n) is 41.8. The van der Waals surface area contributed by atoms with E-state index in [2.05, 4.69) is 224 Å². The van der Waals surface area contributed by atoms with E-state index in [-0.39, 0.29) is 0 Å². The molecule has 4 aromatic rings. The normalized spacial score (nSPS) is 13.7. The van der Waals surface area contributed by atoms with E-state index in [1.807, 2.05) is 0 Å². The molecule has 0 saturated carbocycles. The first-order chi connectivity index (χ1) is 26.7. The molecule has 0 N–H and O–H groups in total. The Kier molecular flexibility index (Phi) is 15.8. The van der Waals surface area contributed by atoms with Crippen LogP contribution in [0.25, 0.3) is 22.3 Å². The second kappa shape index (κ2) is 18.4. The van der Waals surface area contributed by atoms with Crippen LogP contribution in [0.15, 0.2) is 78.9 Å². The molecule has 0 aliphatic carbocycles. The van der Waals surface area contributed by atoms with Crippen molar-refractivity contribution in [3.63, 3.8) is 0 Å². The summed E-state index contributed by atoms with van der Waals surface area (Å²) < 4.78 is 3.28. The van der Waals surface area contributed by atoms with Crippen molar-refractivity contribution in [2.24, 2.45) is 0 Å². The van der Waals surface area contributed by atoms with Gasteiger partial charge in [-0.25, -0.2) is 0 Å². The molecular formula is C51H84SSi6Sn. The molecule has 4 rings (SSSR count). The molecule has 0 heterocycles. The maximum atomic E-state index is 7.70. The molecule has 4 aromatic carbocycles. The molecule has 0 spiro atoms. The van der Waals surface area contributed by atoms with Crippen molar-refractivity contribution in [1.29, 1.82) is 0 Å². The molecule has 0 bridgehead atoms. The second-order valence-corrected chi connectivity index (χ2v) is 66.2. The molecule has 322 valence electrons. The van der Waals surface area contributed by atoms with Gasteiger partial charge in [0.25, 0.3) is 0 Å². The molecule has 0 saturated heterocycles. The van der Waals surface area contributed by atoms with Gasteiger partial charge in [0.2, 0.25) is 0 Å². The average Bonchev–Trinajstić information content (AvgIpc) is 3.03. The Balaban J connectivity index is 2.46. The summed E-state index contributed by atoms with van der Waals surface area (Å²) in [5.74, 6) is 0.833. The Morgan fingerprint density at radius 2 is 0.644 bits per heavy atom. The van der Waals surface area contributed by atoms with Gasteiger partial charge in [-0.3, -0.25) is 0 Å². The molecule has 0 amide bonds. The maximum absolute atomic E-state index is 7.70. The van der Waals surface area contributed by atoms with Gasteiger partial charge in [0.05, 0.1) is 0 Å².